The lowest BCUT2D eigenvalue weighted by Crippen LogP contribution is -2.16. The van der Waals surface area contributed by atoms with Crippen LogP contribution in [0.25, 0.3) is 33.3 Å². The minimum atomic E-state index is -3.26. The van der Waals surface area contributed by atoms with Crippen LogP contribution in [-0.2, 0) is 14.1 Å². The summed E-state index contributed by atoms with van der Waals surface area (Å²) in [4.78, 5) is 11.9. The molecule has 0 aliphatic carbocycles. The Hall–Kier alpha value is -4.09. The second-order valence-corrected chi connectivity index (χ2v) is 7.43. The molecule has 4 rings (SSSR count). The number of primary amides is 1. The van der Waals surface area contributed by atoms with Crippen LogP contribution >= 0.6 is 0 Å². The summed E-state index contributed by atoms with van der Waals surface area (Å²) in [6.45, 7) is -3.26. The van der Waals surface area contributed by atoms with E-state index >= 15 is 0 Å². The van der Waals surface area contributed by atoms with Gasteiger partial charge < -0.3 is 15.2 Å². The average molecular weight is 477 g/mol. The zero-order chi connectivity index (χ0) is 24.7. The number of ether oxygens (including phenoxy) is 2. The standard InChI is InChI=1S/C22H19F4N5O3/c1-30-9-12(8-28-30)10-4-13(20(23)24)17-14(5-10)29-31(2)19(17)11-6-15(33-3)18(21(27)32)16(7-11)34-22(25)26/h4-9,20,22H,1-3H3,(H2,27,32). The molecule has 8 nitrogen and oxygen atoms in total. The molecule has 0 radical (unpaired) electrons. The predicted molar refractivity (Wildman–Crippen MR) is 115 cm³/mol. The molecule has 0 bridgehead atoms. The molecule has 0 saturated heterocycles. The van der Waals surface area contributed by atoms with Crippen LogP contribution in [0, 0.1) is 0 Å². The number of nitrogens with zero attached hydrogens (tertiary/aromatic N) is 4. The highest BCUT2D eigenvalue weighted by molar-refractivity contribution is 6.02. The minimum absolute atomic E-state index is 0.113. The molecule has 1 amide bonds. The number of amides is 1. The third kappa shape index (κ3) is 4.02. The normalized spacial score (nSPS) is 11.6. The second kappa shape index (κ2) is 8.69. The molecule has 4 aromatic rings. The lowest BCUT2D eigenvalue weighted by Gasteiger charge is -2.15. The van der Waals surface area contributed by atoms with Crippen molar-refractivity contribution in [2.45, 2.75) is 13.0 Å². The molecule has 0 saturated carbocycles. The van der Waals surface area contributed by atoms with E-state index in [1.54, 1.807) is 30.2 Å². The van der Waals surface area contributed by atoms with E-state index in [2.05, 4.69) is 14.9 Å². The fourth-order valence-corrected chi connectivity index (χ4v) is 3.92. The summed E-state index contributed by atoms with van der Waals surface area (Å²) in [7, 11) is 4.44. The van der Waals surface area contributed by atoms with Crippen molar-refractivity contribution in [1.82, 2.24) is 19.6 Å². The molecule has 178 valence electrons. The first-order valence-electron chi connectivity index (χ1n) is 9.85. The molecule has 2 aromatic heterocycles. The first kappa shape index (κ1) is 23.1. The number of aromatic nitrogens is 4. The van der Waals surface area contributed by atoms with Crippen molar-refractivity contribution in [3.8, 4) is 33.9 Å². The van der Waals surface area contributed by atoms with Gasteiger partial charge in [-0.25, -0.2) is 8.78 Å². The van der Waals surface area contributed by atoms with Crippen molar-refractivity contribution in [2.75, 3.05) is 7.11 Å². The van der Waals surface area contributed by atoms with Crippen LogP contribution in [-0.4, -0.2) is 39.2 Å². The Kier molecular flexibility index (Phi) is 5.90. The van der Waals surface area contributed by atoms with Crippen molar-refractivity contribution in [3.63, 3.8) is 0 Å². The van der Waals surface area contributed by atoms with Gasteiger partial charge in [-0.05, 0) is 29.8 Å². The second-order valence-electron chi connectivity index (χ2n) is 7.43. The Morgan fingerprint density at radius 3 is 2.29 bits per heavy atom. The molecule has 0 atom stereocenters. The Morgan fingerprint density at radius 2 is 1.74 bits per heavy atom. The van der Waals surface area contributed by atoms with Gasteiger partial charge in [0.2, 0.25) is 0 Å². The molecule has 2 heterocycles. The van der Waals surface area contributed by atoms with E-state index in [9.17, 15) is 22.4 Å². The number of benzene rings is 2. The number of aryl methyl sites for hydroxylation is 2. The van der Waals surface area contributed by atoms with Gasteiger partial charge in [0.25, 0.3) is 12.3 Å². The topological polar surface area (TPSA) is 97.2 Å². The Morgan fingerprint density at radius 1 is 1.03 bits per heavy atom. The van der Waals surface area contributed by atoms with E-state index < -0.39 is 30.3 Å². The summed E-state index contributed by atoms with van der Waals surface area (Å²) < 4.78 is 67.0. The van der Waals surface area contributed by atoms with Crippen LogP contribution in [0.1, 0.15) is 22.3 Å². The third-order valence-electron chi connectivity index (χ3n) is 5.26. The van der Waals surface area contributed by atoms with Crippen LogP contribution < -0.4 is 15.2 Å². The zero-order valence-electron chi connectivity index (χ0n) is 18.2. The molecular weight excluding hydrogens is 458 g/mol. The quantitative estimate of drug-likeness (QED) is 0.401. The fourth-order valence-electron chi connectivity index (χ4n) is 3.92. The highest BCUT2D eigenvalue weighted by atomic mass is 19.3. The maximum absolute atomic E-state index is 14.2. The summed E-state index contributed by atoms with van der Waals surface area (Å²) in [6, 6.07) is 5.42. The van der Waals surface area contributed by atoms with E-state index in [-0.39, 0.29) is 33.5 Å². The molecule has 0 fully saturated rings. The van der Waals surface area contributed by atoms with Crippen LogP contribution in [0.3, 0.4) is 0 Å². The number of halogens is 4. The van der Waals surface area contributed by atoms with Crippen molar-refractivity contribution >= 4 is 16.8 Å². The molecule has 0 unspecified atom stereocenters. The highest BCUT2D eigenvalue weighted by Crippen LogP contribution is 2.42. The van der Waals surface area contributed by atoms with Crippen molar-refractivity contribution in [3.05, 3.63) is 47.8 Å². The lowest BCUT2D eigenvalue weighted by atomic mass is 9.97. The number of hydrogen-bond acceptors (Lipinski definition) is 5. The van der Waals surface area contributed by atoms with Gasteiger partial charge in [-0.15, -0.1) is 0 Å². The average Bonchev–Trinajstić information content (AvgIpc) is 3.33. The SMILES string of the molecule is COc1cc(-c2c3c(C(F)F)cc(-c4cnn(C)c4)cc3nn2C)cc(OC(F)F)c1C(N)=O. The molecule has 0 aliphatic rings. The number of carbonyl (C=O) groups is 1. The monoisotopic (exact) mass is 477 g/mol. The van der Waals surface area contributed by atoms with Crippen LogP contribution in [0.5, 0.6) is 11.5 Å². The molecule has 2 N–H and O–H groups in total. The summed E-state index contributed by atoms with van der Waals surface area (Å²) in [5.41, 5.74) is 6.34. The molecule has 12 heteroatoms. The third-order valence-corrected chi connectivity index (χ3v) is 5.26. The fraction of sp³-hybridized carbons (Fsp3) is 0.227. The van der Waals surface area contributed by atoms with E-state index in [4.69, 9.17) is 10.5 Å². The van der Waals surface area contributed by atoms with Gasteiger partial charge in [0, 0.05) is 42.4 Å². The maximum Gasteiger partial charge on any atom is 0.387 e. The lowest BCUT2D eigenvalue weighted by molar-refractivity contribution is -0.0502. The van der Waals surface area contributed by atoms with Crippen molar-refractivity contribution in [2.24, 2.45) is 19.8 Å². The number of methoxy groups -OCH3 is 1. The summed E-state index contributed by atoms with van der Waals surface area (Å²) in [5, 5.41) is 8.55. The number of rotatable bonds is 7. The van der Waals surface area contributed by atoms with Gasteiger partial charge in [0.15, 0.2) is 0 Å². The summed E-state index contributed by atoms with van der Waals surface area (Å²) >= 11 is 0. The van der Waals surface area contributed by atoms with Gasteiger partial charge >= 0.3 is 6.61 Å². The van der Waals surface area contributed by atoms with E-state index in [1.807, 2.05) is 0 Å². The smallest absolute Gasteiger partial charge is 0.387 e. The van der Waals surface area contributed by atoms with Gasteiger partial charge in [-0.2, -0.15) is 19.0 Å². The number of nitrogens with two attached hydrogens (primary N) is 1. The predicted octanol–water partition coefficient (Wildman–Crippen LogP) is 4.29. The van der Waals surface area contributed by atoms with E-state index in [0.717, 1.165) is 6.07 Å². The molecule has 0 spiro atoms. The van der Waals surface area contributed by atoms with Gasteiger partial charge in [-0.3, -0.25) is 14.2 Å². The van der Waals surface area contributed by atoms with Crippen molar-refractivity contribution in [1.29, 1.82) is 0 Å². The molecule has 34 heavy (non-hydrogen) atoms. The minimum Gasteiger partial charge on any atom is -0.496 e. The summed E-state index contributed by atoms with van der Waals surface area (Å²) in [5.74, 6) is -1.75. The van der Waals surface area contributed by atoms with E-state index in [0.29, 0.717) is 11.1 Å². The Balaban J connectivity index is 2.01. The molecular formula is C22H19F4N5O3. The summed E-state index contributed by atoms with van der Waals surface area (Å²) in [6.07, 6.45) is 0.356. The number of alkyl halides is 4. The van der Waals surface area contributed by atoms with Gasteiger partial charge in [0.1, 0.15) is 17.1 Å². The number of hydrogen-bond donors (Lipinski definition) is 1. The van der Waals surface area contributed by atoms with Gasteiger partial charge in [-0.1, -0.05) is 0 Å². The first-order chi connectivity index (χ1) is 16.1. The van der Waals surface area contributed by atoms with Crippen LogP contribution in [0.15, 0.2) is 36.7 Å². The molecule has 0 aliphatic heterocycles. The van der Waals surface area contributed by atoms with E-state index in [1.165, 1.54) is 31.0 Å². The highest BCUT2D eigenvalue weighted by Gasteiger charge is 2.26. The Bertz CT molecular complexity index is 1400. The Labute approximate surface area is 190 Å². The number of fused-ring (bicyclic) bond motifs is 1. The molecule has 2 aromatic carbocycles. The largest absolute Gasteiger partial charge is 0.496 e. The number of carbonyl (C=O) groups excluding carboxylic acids is 1. The first-order valence-corrected chi connectivity index (χ1v) is 9.85. The van der Waals surface area contributed by atoms with Crippen molar-refractivity contribution < 1.29 is 31.8 Å². The van der Waals surface area contributed by atoms with Crippen LogP contribution in [0.2, 0.25) is 0 Å². The zero-order valence-corrected chi connectivity index (χ0v) is 18.2. The maximum atomic E-state index is 14.2. The van der Waals surface area contributed by atoms with Crippen LogP contribution in [0.4, 0.5) is 17.6 Å². The van der Waals surface area contributed by atoms with Gasteiger partial charge in [0.05, 0.1) is 24.5 Å².